The van der Waals surface area contributed by atoms with Crippen LogP contribution in [0.2, 0.25) is 0 Å². The number of hydrogen-bond donors (Lipinski definition) is 2. The van der Waals surface area contributed by atoms with E-state index < -0.39 is 46.2 Å². The van der Waals surface area contributed by atoms with Crippen molar-refractivity contribution in [2.24, 2.45) is 0 Å². The van der Waals surface area contributed by atoms with Crippen molar-refractivity contribution in [3.63, 3.8) is 0 Å². The van der Waals surface area contributed by atoms with Gasteiger partial charge in [-0.3, -0.25) is 4.79 Å². The first kappa shape index (κ1) is 23.7. The highest BCUT2D eigenvalue weighted by Crippen LogP contribution is 2.46. The summed E-state index contributed by atoms with van der Waals surface area (Å²) in [7, 11) is 0. The van der Waals surface area contributed by atoms with Crippen LogP contribution in [0.1, 0.15) is 74.2 Å². The van der Waals surface area contributed by atoms with Crippen LogP contribution in [0.4, 0.5) is 8.78 Å². The number of rotatable bonds is 7. The Morgan fingerprint density at radius 3 is 2.29 bits per heavy atom. The zero-order valence-electron chi connectivity index (χ0n) is 18.5. The zero-order chi connectivity index (χ0) is 23.1. The van der Waals surface area contributed by atoms with Gasteiger partial charge < -0.3 is 9.66 Å². The van der Waals surface area contributed by atoms with Crippen molar-refractivity contribution in [1.82, 2.24) is 4.72 Å². The number of carbonyl (C=O) groups is 1. The minimum absolute atomic E-state index is 0.0129. The van der Waals surface area contributed by atoms with Crippen LogP contribution in [0.25, 0.3) is 11.1 Å². The topological polar surface area (TPSA) is 72.4 Å². The molecule has 0 aliphatic heterocycles. The summed E-state index contributed by atoms with van der Waals surface area (Å²) in [6.45, 7) is 8.86. The van der Waals surface area contributed by atoms with Crippen molar-refractivity contribution in [2.75, 3.05) is 0 Å². The lowest BCUT2D eigenvalue weighted by Crippen LogP contribution is -2.42. The average Bonchev–Trinajstić information content (AvgIpc) is 3.47. The van der Waals surface area contributed by atoms with E-state index in [1.807, 2.05) is 32.0 Å². The standard InChI is InChI=1S/C24H29F2NO3S/c1-13-7-6-8-14(2)20(13)17-11-16(15-9-10-15)22(25)21(23(17)26)18(12-19(28)29)27-31(30)24(3,4)5/h6-8,11,15,18,27H,9-10,12H2,1-5H3,(H,28,29). The molecule has 1 aliphatic carbocycles. The largest absolute Gasteiger partial charge is 0.598 e. The molecule has 1 aliphatic rings. The van der Waals surface area contributed by atoms with Crippen LogP contribution < -0.4 is 4.72 Å². The van der Waals surface area contributed by atoms with E-state index in [4.69, 9.17) is 0 Å². The van der Waals surface area contributed by atoms with Gasteiger partial charge in [-0.1, -0.05) is 18.2 Å². The molecule has 0 bridgehead atoms. The Hall–Kier alpha value is -1.96. The molecule has 3 rings (SSSR count). The van der Waals surface area contributed by atoms with Crippen molar-refractivity contribution >= 4 is 17.3 Å². The van der Waals surface area contributed by atoms with Gasteiger partial charge in [0, 0.05) is 22.5 Å². The SMILES string of the molecule is Cc1cccc(C)c1-c1cc(C2CC2)c(F)c(C(CC(=O)O)N[S+]([O-])C(C)(C)C)c1F. The van der Waals surface area contributed by atoms with E-state index in [9.17, 15) is 14.5 Å². The second kappa shape index (κ2) is 8.88. The molecule has 2 aromatic rings. The molecule has 7 heteroatoms. The van der Waals surface area contributed by atoms with Crippen LogP contribution in [0.3, 0.4) is 0 Å². The predicted molar refractivity (Wildman–Crippen MR) is 119 cm³/mol. The molecule has 2 unspecified atom stereocenters. The Labute approximate surface area is 185 Å². The van der Waals surface area contributed by atoms with Gasteiger partial charge in [0.25, 0.3) is 0 Å². The van der Waals surface area contributed by atoms with E-state index in [2.05, 4.69) is 4.72 Å². The lowest BCUT2D eigenvalue weighted by Gasteiger charge is -2.28. The summed E-state index contributed by atoms with van der Waals surface area (Å²) in [6, 6.07) is 5.91. The highest BCUT2D eigenvalue weighted by Gasteiger charge is 2.37. The zero-order valence-corrected chi connectivity index (χ0v) is 19.3. The van der Waals surface area contributed by atoms with Crippen LogP contribution in [0.15, 0.2) is 24.3 Å². The Bertz CT molecular complexity index is 979. The minimum atomic E-state index is -1.71. The van der Waals surface area contributed by atoms with Crippen LogP contribution in [0, 0.1) is 25.5 Å². The highest BCUT2D eigenvalue weighted by molar-refractivity contribution is 7.90. The number of nitrogens with one attached hydrogen (secondary N) is 1. The van der Waals surface area contributed by atoms with Gasteiger partial charge in [-0.2, -0.15) is 0 Å². The molecule has 0 spiro atoms. The summed E-state index contributed by atoms with van der Waals surface area (Å²) in [4.78, 5) is 11.5. The Morgan fingerprint density at radius 2 is 1.81 bits per heavy atom. The summed E-state index contributed by atoms with van der Waals surface area (Å²) in [6.07, 6.45) is 1.02. The molecule has 0 saturated heterocycles. The van der Waals surface area contributed by atoms with Gasteiger partial charge in [-0.25, -0.2) is 8.78 Å². The number of carboxylic acids is 1. The van der Waals surface area contributed by atoms with Gasteiger partial charge in [0.15, 0.2) is 0 Å². The van der Waals surface area contributed by atoms with Crippen molar-refractivity contribution in [3.8, 4) is 11.1 Å². The highest BCUT2D eigenvalue weighted by atomic mass is 32.2. The fraction of sp³-hybridized carbons (Fsp3) is 0.458. The number of hydrogen-bond acceptors (Lipinski definition) is 3. The maximum Gasteiger partial charge on any atom is 0.305 e. The lowest BCUT2D eigenvalue weighted by molar-refractivity contribution is -0.137. The third-order valence-electron chi connectivity index (χ3n) is 5.56. The van der Waals surface area contributed by atoms with Gasteiger partial charge in [0.05, 0.1) is 12.5 Å². The third-order valence-corrected chi connectivity index (χ3v) is 7.17. The molecule has 31 heavy (non-hydrogen) atoms. The molecular weight excluding hydrogens is 420 g/mol. The molecule has 4 nitrogen and oxygen atoms in total. The molecule has 168 valence electrons. The number of aryl methyl sites for hydroxylation is 2. The number of benzene rings is 2. The molecule has 0 heterocycles. The van der Waals surface area contributed by atoms with Crippen molar-refractivity contribution in [3.05, 3.63) is 58.2 Å². The Kier molecular flexibility index (Phi) is 6.79. The quantitative estimate of drug-likeness (QED) is 0.533. The molecule has 0 radical (unpaired) electrons. The van der Waals surface area contributed by atoms with Crippen molar-refractivity contribution < 1.29 is 23.2 Å². The molecule has 2 N–H and O–H groups in total. The first-order valence-corrected chi connectivity index (χ1v) is 11.5. The Morgan fingerprint density at radius 1 is 1.23 bits per heavy atom. The number of halogens is 2. The summed E-state index contributed by atoms with van der Waals surface area (Å²) >= 11 is -1.71. The number of aliphatic carboxylic acids is 1. The molecule has 2 aromatic carbocycles. The molecule has 1 saturated carbocycles. The van der Waals surface area contributed by atoms with Gasteiger partial charge in [-0.15, -0.1) is 4.72 Å². The lowest BCUT2D eigenvalue weighted by atomic mass is 9.88. The summed E-state index contributed by atoms with van der Waals surface area (Å²) in [5.74, 6) is -2.78. The van der Waals surface area contributed by atoms with E-state index in [1.165, 1.54) is 0 Å². The van der Waals surface area contributed by atoms with Gasteiger partial charge in [0.1, 0.15) is 16.4 Å². The third kappa shape index (κ3) is 5.10. The monoisotopic (exact) mass is 449 g/mol. The second-order valence-corrected chi connectivity index (χ2v) is 11.2. The van der Waals surface area contributed by atoms with E-state index >= 15 is 8.78 Å². The second-order valence-electron chi connectivity index (χ2n) is 9.25. The van der Waals surface area contributed by atoms with Crippen LogP contribution in [0.5, 0.6) is 0 Å². The molecular formula is C24H29F2NO3S. The fourth-order valence-corrected chi connectivity index (χ4v) is 4.59. The predicted octanol–water partition coefficient (Wildman–Crippen LogP) is 5.69. The average molecular weight is 450 g/mol. The summed E-state index contributed by atoms with van der Waals surface area (Å²) in [5, 5.41) is 9.42. The smallest absolute Gasteiger partial charge is 0.305 e. The summed E-state index contributed by atoms with van der Waals surface area (Å²) in [5.41, 5.74) is 2.68. The summed E-state index contributed by atoms with van der Waals surface area (Å²) < 4.78 is 46.2. The fourth-order valence-electron chi connectivity index (χ4n) is 3.78. The maximum atomic E-state index is 15.9. The normalized spacial score (nSPS) is 16.3. The van der Waals surface area contributed by atoms with Crippen molar-refractivity contribution in [2.45, 2.75) is 70.6 Å². The van der Waals surface area contributed by atoms with E-state index in [0.717, 1.165) is 24.0 Å². The van der Waals surface area contributed by atoms with Gasteiger partial charge in [-0.05, 0) is 81.7 Å². The van der Waals surface area contributed by atoms with E-state index in [0.29, 0.717) is 11.1 Å². The minimum Gasteiger partial charge on any atom is -0.598 e. The molecule has 2 atom stereocenters. The first-order valence-electron chi connectivity index (χ1n) is 10.4. The van der Waals surface area contributed by atoms with Gasteiger partial charge >= 0.3 is 5.97 Å². The maximum absolute atomic E-state index is 15.9. The van der Waals surface area contributed by atoms with Crippen LogP contribution >= 0.6 is 0 Å². The molecule has 1 fully saturated rings. The van der Waals surface area contributed by atoms with E-state index in [-0.39, 0.29) is 17.0 Å². The van der Waals surface area contributed by atoms with Crippen LogP contribution in [-0.2, 0) is 16.2 Å². The Balaban J connectivity index is 2.24. The van der Waals surface area contributed by atoms with Crippen molar-refractivity contribution in [1.29, 1.82) is 0 Å². The molecule has 0 amide bonds. The number of carboxylic acid groups (broad SMARTS) is 1. The van der Waals surface area contributed by atoms with Gasteiger partial charge in [0.2, 0.25) is 0 Å². The first-order chi connectivity index (χ1) is 14.4. The van der Waals surface area contributed by atoms with Crippen LogP contribution in [-0.4, -0.2) is 20.4 Å². The molecule has 0 aromatic heterocycles. The van der Waals surface area contributed by atoms with E-state index in [1.54, 1.807) is 26.8 Å².